The van der Waals surface area contributed by atoms with Gasteiger partial charge in [-0.05, 0) is 6.26 Å². The number of hydrogen-bond acceptors (Lipinski definition) is 4. The monoisotopic (exact) mass is 246 g/mol. The molecule has 0 aliphatic heterocycles. The molecule has 0 fully saturated rings. The standard InChI is InChI=1S/C9H14N2O2S2/c1-7(14-2)5-11-4-3-10-9(11)15-6-8(12)13/h3-4,7H,5-6H2,1-2H3,(H,12,13). The molecule has 1 aromatic rings. The first-order chi connectivity index (χ1) is 7.13. The summed E-state index contributed by atoms with van der Waals surface area (Å²) in [5, 5.41) is 9.85. The second kappa shape index (κ2) is 6.07. The van der Waals surface area contributed by atoms with Gasteiger partial charge in [-0.25, -0.2) is 4.98 Å². The average Bonchev–Trinajstić information content (AvgIpc) is 2.62. The number of imidazole rings is 1. The number of hydrogen-bond donors (Lipinski definition) is 1. The van der Waals surface area contributed by atoms with E-state index < -0.39 is 5.97 Å². The Kier molecular flexibility index (Phi) is 5.04. The third kappa shape index (κ3) is 4.17. The van der Waals surface area contributed by atoms with E-state index in [1.54, 1.807) is 18.0 Å². The Labute approximate surface area is 97.5 Å². The molecule has 15 heavy (non-hydrogen) atoms. The van der Waals surface area contributed by atoms with E-state index in [0.29, 0.717) is 5.25 Å². The molecule has 1 unspecified atom stereocenters. The summed E-state index contributed by atoms with van der Waals surface area (Å²) >= 11 is 3.04. The van der Waals surface area contributed by atoms with E-state index >= 15 is 0 Å². The van der Waals surface area contributed by atoms with Gasteiger partial charge in [-0.2, -0.15) is 11.8 Å². The molecule has 0 aromatic carbocycles. The largest absolute Gasteiger partial charge is 0.481 e. The fourth-order valence-electron chi connectivity index (χ4n) is 1.05. The maximum Gasteiger partial charge on any atom is 0.313 e. The van der Waals surface area contributed by atoms with Gasteiger partial charge in [0.25, 0.3) is 0 Å². The zero-order valence-corrected chi connectivity index (χ0v) is 10.3. The summed E-state index contributed by atoms with van der Waals surface area (Å²) in [4.78, 5) is 14.6. The van der Waals surface area contributed by atoms with E-state index in [9.17, 15) is 4.79 Å². The van der Waals surface area contributed by atoms with Crippen LogP contribution in [0, 0.1) is 0 Å². The van der Waals surface area contributed by atoms with Crippen molar-refractivity contribution in [3.63, 3.8) is 0 Å². The van der Waals surface area contributed by atoms with Gasteiger partial charge >= 0.3 is 5.97 Å². The first-order valence-corrected chi connectivity index (χ1v) is 6.79. The Morgan fingerprint density at radius 3 is 3.07 bits per heavy atom. The number of rotatable bonds is 6. The molecule has 1 N–H and O–H groups in total. The van der Waals surface area contributed by atoms with Crippen LogP contribution < -0.4 is 0 Å². The van der Waals surface area contributed by atoms with Gasteiger partial charge in [0, 0.05) is 24.2 Å². The van der Waals surface area contributed by atoms with Crippen LogP contribution in [0.5, 0.6) is 0 Å². The second-order valence-electron chi connectivity index (χ2n) is 3.09. The highest BCUT2D eigenvalue weighted by Crippen LogP contribution is 2.17. The molecule has 0 saturated heterocycles. The predicted octanol–water partition coefficient (Wildman–Crippen LogP) is 1.81. The number of aliphatic carboxylic acids is 1. The normalized spacial score (nSPS) is 12.7. The molecule has 1 aromatic heterocycles. The summed E-state index contributed by atoms with van der Waals surface area (Å²) < 4.78 is 1.99. The van der Waals surface area contributed by atoms with E-state index in [2.05, 4.69) is 18.2 Å². The van der Waals surface area contributed by atoms with Crippen molar-refractivity contribution in [3.05, 3.63) is 12.4 Å². The molecule has 1 heterocycles. The number of thioether (sulfide) groups is 2. The Balaban J connectivity index is 2.56. The molecule has 4 nitrogen and oxygen atoms in total. The molecular formula is C9H14N2O2S2. The van der Waals surface area contributed by atoms with Gasteiger partial charge in [-0.3, -0.25) is 4.79 Å². The predicted molar refractivity (Wildman–Crippen MR) is 63.6 cm³/mol. The minimum absolute atomic E-state index is 0.0602. The maximum absolute atomic E-state index is 10.4. The molecular weight excluding hydrogens is 232 g/mol. The molecule has 0 amide bonds. The number of carboxylic acid groups (broad SMARTS) is 1. The van der Waals surface area contributed by atoms with Crippen LogP contribution in [-0.4, -0.2) is 37.9 Å². The maximum atomic E-state index is 10.4. The molecule has 84 valence electrons. The van der Waals surface area contributed by atoms with Crippen molar-refractivity contribution in [1.82, 2.24) is 9.55 Å². The summed E-state index contributed by atoms with van der Waals surface area (Å²) in [6, 6.07) is 0. The van der Waals surface area contributed by atoms with Gasteiger partial charge in [-0.1, -0.05) is 18.7 Å². The molecule has 1 atom stereocenters. The second-order valence-corrected chi connectivity index (χ2v) is 5.31. The van der Waals surface area contributed by atoms with E-state index in [1.807, 2.05) is 10.8 Å². The van der Waals surface area contributed by atoms with Crippen LogP contribution in [0.25, 0.3) is 0 Å². The minimum atomic E-state index is -0.813. The molecule has 0 bridgehead atoms. The van der Waals surface area contributed by atoms with Crippen molar-refractivity contribution >= 4 is 29.5 Å². The summed E-state index contributed by atoms with van der Waals surface area (Å²) in [5.41, 5.74) is 0. The van der Waals surface area contributed by atoms with Crippen molar-refractivity contribution in [3.8, 4) is 0 Å². The Bertz CT molecular complexity index is 328. The Morgan fingerprint density at radius 2 is 2.47 bits per heavy atom. The van der Waals surface area contributed by atoms with Gasteiger partial charge in [0.15, 0.2) is 5.16 Å². The summed E-state index contributed by atoms with van der Waals surface area (Å²) in [6.45, 7) is 3.00. The van der Waals surface area contributed by atoms with Gasteiger partial charge in [0.1, 0.15) is 0 Å². The van der Waals surface area contributed by atoms with Crippen LogP contribution in [0.4, 0.5) is 0 Å². The molecule has 0 spiro atoms. The van der Waals surface area contributed by atoms with Crippen LogP contribution in [0.1, 0.15) is 6.92 Å². The van der Waals surface area contributed by atoms with Crippen LogP contribution >= 0.6 is 23.5 Å². The van der Waals surface area contributed by atoms with E-state index in [0.717, 1.165) is 11.7 Å². The zero-order valence-electron chi connectivity index (χ0n) is 8.71. The van der Waals surface area contributed by atoms with Crippen molar-refractivity contribution < 1.29 is 9.90 Å². The quantitative estimate of drug-likeness (QED) is 0.776. The Hall–Kier alpha value is -0.620. The minimum Gasteiger partial charge on any atom is -0.481 e. The highest BCUT2D eigenvalue weighted by molar-refractivity contribution is 7.99. The lowest BCUT2D eigenvalue weighted by molar-refractivity contribution is -0.133. The summed E-state index contributed by atoms with van der Waals surface area (Å²) in [5.74, 6) is -0.752. The first-order valence-electron chi connectivity index (χ1n) is 4.52. The van der Waals surface area contributed by atoms with Crippen molar-refractivity contribution in [2.75, 3.05) is 12.0 Å². The highest BCUT2D eigenvalue weighted by Gasteiger charge is 2.08. The topological polar surface area (TPSA) is 55.1 Å². The van der Waals surface area contributed by atoms with E-state index in [1.165, 1.54) is 11.8 Å². The molecule has 0 aliphatic rings. The molecule has 6 heteroatoms. The average molecular weight is 246 g/mol. The fraction of sp³-hybridized carbons (Fsp3) is 0.556. The number of carboxylic acids is 1. The number of aromatic nitrogens is 2. The molecule has 0 aliphatic carbocycles. The third-order valence-electron chi connectivity index (χ3n) is 1.86. The smallest absolute Gasteiger partial charge is 0.313 e. The lowest BCUT2D eigenvalue weighted by Crippen LogP contribution is -2.10. The van der Waals surface area contributed by atoms with Crippen molar-refractivity contribution in [2.45, 2.75) is 23.9 Å². The van der Waals surface area contributed by atoms with Crippen LogP contribution in [0.3, 0.4) is 0 Å². The van der Waals surface area contributed by atoms with Crippen molar-refractivity contribution in [1.29, 1.82) is 0 Å². The SMILES string of the molecule is CSC(C)Cn1ccnc1SCC(=O)O. The Morgan fingerprint density at radius 1 is 1.73 bits per heavy atom. The summed E-state index contributed by atoms with van der Waals surface area (Å²) in [7, 11) is 0. The van der Waals surface area contributed by atoms with Gasteiger partial charge in [0.2, 0.25) is 0 Å². The van der Waals surface area contributed by atoms with Crippen LogP contribution in [0.2, 0.25) is 0 Å². The van der Waals surface area contributed by atoms with Crippen LogP contribution in [0.15, 0.2) is 17.6 Å². The van der Waals surface area contributed by atoms with E-state index in [4.69, 9.17) is 5.11 Å². The van der Waals surface area contributed by atoms with Crippen molar-refractivity contribution in [2.24, 2.45) is 0 Å². The number of carbonyl (C=O) groups is 1. The van der Waals surface area contributed by atoms with Gasteiger partial charge in [0.05, 0.1) is 5.75 Å². The fourth-order valence-corrected chi connectivity index (χ4v) is 2.05. The van der Waals surface area contributed by atoms with Crippen LogP contribution in [-0.2, 0) is 11.3 Å². The molecule has 1 rings (SSSR count). The lowest BCUT2D eigenvalue weighted by atomic mass is 10.5. The zero-order chi connectivity index (χ0) is 11.3. The first kappa shape index (κ1) is 12.4. The van der Waals surface area contributed by atoms with Gasteiger partial charge in [-0.15, -0.1) is 0 Å². The van der Waals surface area contributed by atoms with E-state index in [-0.39, 0.29) is 5.75 Å². The summed E-state index contributed by atoms with van der Waals surface area (Å²) in [6.07, 6.45) is 5.65. The molecule has 0 radical (unpaired) electrons. The third-order valence-corrected chi connectivity index (χ3v) is 3.80. The molecule has 0 saturated carbocycles. The number of nitrogens with zero attached hydrogens (tertiary/aromatic N) is 2. The lowest BCUT2D eigenvalue weighted by Gasteiger charge is -2.11. The van der Waals surface area contributed by atoms with Gasteiger partial charge < -0.3 is 9.67 Å². The highest BCUT2D eigenvalue weighted by atomic mass is 32.2.